The third kappa shape index (κ3) is 6.67. The summed E-state index contributed by atoms with van der Waals surface area (Å²) in [5, 5.41) is 12.2. The fraction of sp³-hybridized carbons (Fsp3) is 0.174. The molecule has 9 rings (SSSR count). The molecule has 0 spiro atoms. The maximum absolute atomic E-state index is 6.45. The molecule has 0 saturated heterocycles. The van der Waals surface area contributed by atoms with Crippen molar-refractivity contribution in [3.05, 3.63) is 150 Å². The summed E-state index contributed by atoms with van der Waals surface area (Å²) in [7, 11) is 0. The van der Waals surface area contributed by atoms with Crippen LogP contribution in [0.5, 0.6) is 0 Å². The number of imidazole rings is 1. The molecule has 0 aliphatic heterocycles. The molecule has 4 aromatic heterocycles. The number of aryl methyl sites for hydroxylation is 2. The van der Waals surface area contributed by atoms with Gasteiger partial charge in [-0.3, -0.25) is 4.98 Å². The molecule has 0 N–H and O–H groups in total. The first-order valence-electron chi connectivity index (χ1n) is 17.8. The summed E-state index contributed by atoms with van der Waals surface area (Å²) < 4.78 is 8.73. The van der Waals surface area contributed by atoms with Crippen molar-refractivity contribution in [2.45, 2.75) is 53.4 Å². The van der Waals surface area contributed by atoms with Gasteiger partial charge in [-0.25, -0.2) is 0 Å². The Morgan fingerprint density at radius 3 is 2.09 bits per heavy atom. The number of hydrogen-bond acceptors (Lipinski definition) is 5. The first-order valence-corrected chi connectivity index (χ1v) is 17.8. The largest absolute Gasteiger partial charge is 0.501 e. The van der Waals surface area contributed by atoms with Crippen LogP contribution in [0, 0.1) is 26.0 Å². The number of furan rings is 1. The fourth-order valence-electron chi connectivity index (χ4n) is 6.88. The molecule has 0 fully saturated rings. The van der Waals surface area contributed by atoms with Crippen LogP contribution in [0.1, 0.15) is 61.8 Å². The molecule has 4 heterocycles. The van der Waals surface area contributed by atoms with Crippen LogP contribution in [0.4, 0.5) is 0 Å². The van der Waals surface area contributed by atoms with Gasteiger partial charge in [-0.2, -0.15) is 0 Å². The molecule has 0 atom stereocenters. The number of para-hydroxylation sites is 2. The quantitative estimate of drug-likeness (QED) is 0.161. The number of aromatic nitrogens is 5. The average Bonchev–Trinajstić information content (AvgIpc) is 3.74. The Hall–Kier alpha value is -5.49. The molecule has 9 aromatic rings. The number of fused-ring (bicyclic) bond motifs is 6. The van der Waals surface area contributed by atoms with E-state index >= 15 is 0 Å². The zero-order valence-electron chi connectivity index (χ0n) is 30.6. The van der Waals surface area contributed by atoms with Crippen LogP contribution < -0.4 is 0 Å². The minimum atomic E-state index is 0. The monoisotopic (exact) mass is 870 g/mol. The molecule has 265 valence electrons. The summed E-state index contributed by atoms with van der Waals surface area (Å²) in [5.41, 5.74) is 12.9. The van der Waals surface area contributed by atoms with E-state index in [9.17, 15) is 0 Å². The van der Waals surface area contributed by atoms with Crippen LogP contribution in [-0.4, -0.2) is 24.7 Å². The standard InChI is InChI=1S/C33H27N4O.C13H12N.Ir/c1-19(2)21-13-9-14-22(20(3)4)29(21)37-30-25-12-5-7-17-27(25)35-36-32(30)34-33(37)26-16-10-15-24-23-11-6-8-18-28(23)38-31(24)26;1-10-3-6-12(7-4-10)13-8-5-11(2)9-14-13;/h5-15,17-20H,1-4H3;3-6,8-9H,1-2H3;/q2*-1;. The Balaban J connectivity index is 0.000000245. The van der Waals surface area contributed by atoms with Crippen molar-refractivity contribution in [2.75, 3.05) is 0 Å². The summed E-state index contributed by atoms with van der Waals surface area (Å²) in [4.78, 5) is 9.48. The van der Waals surface area contributed by atoms with Crippen molar-refractivity contribution < 1.29 is 24.5 Å². The number of pyridine rings is 1. The summed E-state index contributed by atoms with van der Waals surface area (Å²) in [6.45, 7) is 13.1. The van der Waals surface area contributed by atoms with E-state index in [4.69, 9.17) is 9.40 Å². The van der Waals surface area contributed by atoms with E-state index in [1.165, 1.54) is 22.3 Å². The molecule has 7 heteroatoms. The second kappa shape index (κ2) is 14.9. The molecule has 0 aliphatic rings. The molecule has 53 heavy (non-hydrogen) atoms. The van der Waals surface area contributed by atoms with Gasteiger partial charge in [0.1, 0.15) is 5.58 Å². The molecule has 1 radical (unpaired) electrons. The van der Waals surface area contributed by atoms with Crippen LogP contribution in [0.25, 0.3) is 72.3 Å². The van der Waals surface area contributed by atoms with E-state index in [1.807, 2.05) is 73.8 Å². The van der Waals surface area contributed by atoms with Crippen molar-refractivity contribution in [2.24, 2.45) is 0 Å². The number of hydrogen-bond donors (Lipinski definition) is 0. The van der Waals surface area contributed by atoms with E-state index in [1.54, 1.807) is 0 Å². The SMILES string of the molecule is CC(C)c1cccc(C(C)C)c1-n1c(-c2[c-]ccc3c2oc2ccccc23)nc2nnc3ccccc3c21.Cc1c[c-]c(-c2ccc(C)cn2)cc1.[Ir]. The predicted octanol–water partition coefficient (Wildman–Crippen LogP) is 11.7. The molecule has 6 nitrogen and oxygen atoms in total. The molecule has 5 aromatic carbocycles. The molecule has 0 amide bonds. The van der Waals surface area contributed by atoms with Gasteiger partial charge in [0.25, 0.3) is 0 Å². The van der Waals surface area contributed by atoms with E-state index in [0.717, 1.165) is 66.7 Å². The van der Waals surface area contributed by atoms with Gasteiger partial charge >= 0.3 is 0 Å². The van der Waals surface area contributed by atoms with Crippen molar-refractivity contribution >= 4 is 44.0 Å². The molecule has 0 bridgehead atoms. The number of nitrogens with zero attached hydrogens (tertiary/aromatic N) is 5. The topological polar surface area (TPSA) is 69.6 Å². The van der Waals surface area contributed by atoms with Crippen LogP contribution >= 0.6 is 0 Å². The second-order valence-electron chi connectivity index (χ2n) is 13.9. The van der Waals surface area contributed by atoms with Crippen LogP contribution in [0.3, 0.4) is 0 Å². The van der Waals surface area contributed by atoms with Gasteiger partial charge in [-0.05, 0) is 53.3 Å². The van der Waals surface area contributed by atoms with Gasteiger partial charge in [-0.1, -0.05) is 112 Å². The Morgan fingerprint density at radius 2 is 1.40 bits per heavy atom. The zero-order valence-corrected chi connectivity index (χ0v) is 33.0. The van der Waals surface area contributed by atoms with Crippen LogP contribution in [0.15, 0.2) is 120 Å². The summed E-state index contributed by atoms with van der Waals surface area (Å²) in [6.07, 6.45) is 1.88. The zero-order chi connectivity index (χ0) is 35.9. The van der Waals surface area contributed by atoms with Gasteiger partial charge in [-0.15, -0.1) is 63.8 Å². The van der Waals surface area contributed by atoms with E-state index in [2.05, 4.69) is 115 Å². The fourth-order valence-corrected chi connectivity index (χ4v) is 6.88. The first kappa shape index (κ1) is 35.9. The van der Waals surface area contributed by atoms with Crippen molar-refractivity contribution in [1.29, 1.82) is 0 Å². The number of benzene rings is 5. The summed E-state index contributed by atoms with van der Waals surface area (Å²) in [6, 6.07) is 43.8. The molecule has 0 aliphatic carbocycles. The van der Waals surface area contributed by atoms with Gasteiger partial charge in [0.15, 0.2) is 5.65 Å². The normalized spacial score (nSPS) is 11.4. The Labute approximate surface area is 323 Å². The maximum atomic E-state index is 6.45. The maximum Gasteiger partial charge on any atom is 0.191 e. The third-order valence-corrected chi connectivity index (χ3v) is 9.55. The van der Waals surface area contributed by atoms with Gasteiger partial charge in [0, 0.05) is 42.8 Å². The molecule has 0 unspecified atom stereocenters. The summed E-state index contributed by atoms with van der Waals surface area (Å²) in [5.74, 6) is 1.37. The minimum absolute atomic E-state index is 0. The summed E-state index contributed by atoms with van der Waals surface area (Å²) >= 11 is 0. The van der Waals surface area contributed by atoms with Gasteiger partial charge in [0.05, 0.1) is 22.4 Å². The minimum Gasteiger partial charge on any atom is -0.501 e. The van der Waals surface area contributed by atoms with Gasteiger partial charge < -0.3 is 14.0 Å². The van der Waals surface area contributed by atoms with E-state index < -0.39 is 0 Å². The molecule has 0 saturated carbocycles. The predicted molar refractivity (Wildman–Crippen MR) is 212 cm³/mol. The number of rotatable bonds is 5. The van der Waals surface area contributed by atoms with Crippen molar-refractivity contribution in [1.82, 2.24) is 24.7 Å². The van der Waals surface area contributed by atoms with Crippen LogP contribution in [0.2, 0.25) is 0 Å². The average molecular weight is 870 g/mol. The smallest absolute Gasteiger partial charge is 0.191 e. The van der Waals surface area contributed by atoms with E-state index in [0.29, 0.717) is 17.5 Å². The second-order valence-corrected chi connectivity index (χ2v) is 13.9. The van der Waals surface area contributed by atoms with E-state index in [-0.39, 0.29) is 20.1 Å². The first-order chi connectivity index (χ1) is 25.3. The van der Waals surface area contributed by atoms with Crippen molar-refractivity contribution in [3.63, 3.8) is 0 Å². The van der Waals surface area contributed by atoms with Crippen molar-refractivity contribution in [3.8, 4) is 28.3 Å². The Bertz CT molecular complexity index is 2640. The molecular weight excluding hydrogens is 831 g/mol. The third-order valence-electron chi connectivity index (χ3n) is 9.55. The van der Waals surface area contributed by atoms with Gasteiger partial charge in [0.2, 0.25) is 0 Å². The Kier molecular flexibility index (Phi) is 10.1. The Morgan fingerprint density at radius 1 is 0.679 bits per heavy atom. The van der Waals surface area contributed by atoms with Crippen LogP contribution in [-0.2, 0) is 20.1 Å². The molecular formula is C46H39IrN5O-2.